The molecule has 6 rings (SSSR count). The van der Waals surface area contributed by atoms with Gasteiger partial charge in [-0.2, -0.15) is 13.2 Å². The summed E-state index contributed by atoms with van der Waals surface area (Å²) in [5, 5.41) is 19.5. The number of rotatable bonds is 5. The van der Waals surface area contributed by atoms with Crippen molar-refractivity contribution in [1.82, 2.24) is 15.0 Å². The second-order valence-electron chi connectivity index (χ2n) is 13.1. The summed E-state index contributed by atoms with van der Waals surface area (Å²) in [5.74, 6) is 0.858. The van der Waals surface area contributed by atoms with E-state index >= 15 is 0 Å². The number of aliphatic hydroxyl groups is 1. The number of carbonyl (C=O) groups excluding carboxylic acids is 1. The first-order valence-corrected chi connectivity index (χ1v) is 14.6. The van der Waals surface area contributed by atoms with E-state index in [0.717, 1.165) is 37.6 Å². The van der Waals surface area contributed by atoms with Crippen molar-refractivity contribution in [3.63, 3.8) is 0 Å². The monoisotopic (exact) mass is 567 g/mol. The molecule has 4 saturated carbocycles. The highest BCUT2D eigenvalue weighted by molar-refractivity contribution is 6.31. The van der Waals surface area contributed by atoms with Crippen molar-refractivity contribution in [3.8, 4) is 0 Å². The summed E-state index contributed by atoms with van der Waals surface area (Å²) in [7, 11) is 1.64. The molecule has 0 saturated heterocycles. The van der Waals surface area contributed by atoms with Crippen LogP contribution in [0.4, 0.5) is 13.2 Å². The van der Waals surface area contributed by atoms with Gasteiger partial charge < -0.3 is 9.84 Å². The van der Waals surface area contributed by atoms with Crippen LogP contribution in [0.25, 0.3) is 11.0 Å². The van der Waals surface area contributed by atoms with Gasteiger partial charge >= 0.3 is 6.18 Å². The molecular formula is C29H37ClF3N3O3. The van der Waals surface area contributed by atoms with Crippen LogP contribution in [0, 0.1) is 40.4 Å². The lowest BCUT2D eigenvalue weighted by molar-refractivity contribution is -0.294. The van der Waals surface area contributed by atoms with E-state index in [4.69, 9.17) is 16.3 Å². The predicted octanol–water partition coefficient (Wildman–Crippen LogP) is 6.23. The molecule has 8 unspecified atom stereocenters. The van der Waals surface area contributed by atoms with E-state index in [1.807, 2.05) is 6.07 Å². The van der Waals surface area contributed by atoms with E-state index in [0.29, 0.717) is 41.8 Å². The van der Waals surface area contributed by atoms with Crippen LogP contribution >= 0.6 is 11.6 Å². The van der Waals surface area contributed by atoms with Crippen molar-refractivity contribution >= 4 is 28.4 Å². The first-order chi connectivity index (χ1) is 18.4. The first kappa shape index (κ1) is 27.5. The van der Waals surface area contributed by atoms with Crippen LogP contribution < -0.4 is 0 Å². The van der Waals surface area contributed by atoms with E-state index in [1.165, 1.54) is 0 Å². The number of benzene rings is 1. The van der Waals surface area contributed by atoms with E-state index in [1.54, 1.807) is 23.9 Å². The molecule has 4 aliphatic carbocycles. The quantitative estimate of drug-likeness (QED) is 0.463. The smallest absolute Gasteiger partial charge is 0.384 e. The molecule has 0 spiro atoms. The van der Waals surface area contributed by atoms with E-state index in [-0.39, 0.29) is 53.8 Å². The Morgan fingerprint density at radius 3 is 2.69 bits per heavy atom. The number of ketones is 1. The molecule has 0 radical (unpaired) electrons. The minimum atomic E-state index is -4.62. The largest absolute Gasteiger partial charge is 0.417 e. The molecule has 1 aromatic carbocycles. The number of halogens is 4. The molecule has 0 amide bonds. The van der Waals surface area contributed by atoms with Gasteiger partial charge in [0.05, 0.1) is 12.1 Å². The average molecular weight is 568 g/mol. The Morgan fingerprint density at radius 1 is 1.15 bits per heavy atom. The van der Waals surface area contributed by atoms with Gasteiger partial charge in [0.2, 0.25) is 0 Å². The van der Waals surface area contributed by atoms with Gasteiger partial charge in [-0.05, 0) is 110 Å². The summed E-state index contributed by atoms with van der Waals surface area (Å²) in [5.41, 5.74) is -1.64. The van der Waals surface area contributed by atoms with Crippen LogP contribution in [0.15, 0.2) is 18.2 Å². The Kier molecular flexibility index (Phi) is 6.63. The molecule has 8 atom stereocenters. The zero-order chi connectivity index (χ0) is 27.8. The topological polar surface area (TPSA) is 77.2 Å². The molecule has 1 N–H and O–H groups in total. The maximum atomic E-state index is 13.8. The summed E-state index contributed by atoms with van der Waals surface area (Å²) in [6.45, 7) is 2.87. The molecule has 4 fully saturated rings. The van der Waals surface area contributed by atoms with E-state index in [2.05, 4.69) is 17.2 Å². The minimum Gasteiger partial charge on any atom is -0.384 e. The third-order valence-corrected chi connectivity index (χ3v) is 11.8. The molecule has 6 nitrogen and oxygen atoms in total. The first-order valence-electron chi connectivity index (χ1n) is 14.2. The number of nitrogens with zero attached hydrogens (tertiary/aromatic N) is 3. The SMILES string of the molecule is COCC12CCC(O)(C(F)(F)F)CC1CCC1C3CCC(C(=O)Cn4nnc5cc(Cl)ccc54)C3(C)CCC12. The van der Waals surface area contributed by atoms with Gasteiger partial charge in [-0.3, -0.25) is 4.79 Å². The van der Waals surface area contributed by atoms with Gasteiger partial charge in [-0.25, -0.2) is 4.68 Å². The van der Waals surface area contributed by atoms with Gasteiger partial charge in [-0.15, -0.1) is 5.10 Å². The zero-order valence-electron chi connectivity index (χ0n) is 22.5. The number of aromatic nitrogens is 3. The van der Waals surface area contributed by atoms with Crippen LogP contribution in [-0.2, 0) is 16.1 Å². The van der Waals surface area contributed by atoms with Crippen LogP contribution in [0.5, 0.6) is 0 Å². The highest BCUT2D eigenvalue weighted by Crippen LogP contribution is 2.69. The molecule has 1 aromatic heterocycles. The highest BCUT2D eigenvalue weighted by atomic mass is 35.5. The number of alkyl halides is 3. The van der Waals surface area contributed by atoms with Gasteiger partial charge in [0.1, 0.15) is 12.1 Å². The summed E-state index contributed by atoms with van der Waals surface area (Å²) in [6, 6.07) is 5.36. The fraction of sp³-hybridized carbons (Fsp3) is 0.759. The maximum Gasteiger partial charge on any atom is 0.417 e. The predicted molar refractivity (Wildman–Crippen MR) is 140 cm³/mol. The summed E-state index contributed by atoms with van der Waals surface area (Å²) < 4.78 is 48.7. The third kappa shape index (κ3) is 4.16. The molecule has 214 valence electrons. The van der Waals surface area contributed by atoms with Gasteiger partial charge in [0, 0.05) is 18.1 Å². The van der Waals surface area contributed by atoms with Gasteiger partial charge in [-0.1, -0.05) is 23.7 Å². The number of fused-ring (bicyclic) bond motifs is 6. The lowest BCUT2D eigenvalue weighted by Gasteiger charge is -2.62. The number of hydrogen-bond donors (Lipinski definition) is 1. The Hall–Kier alpha value is -1.71. The zero-order valence-corrected chi connectivity index (χ0v) is 23.3. The fourth-order valence-electron chi connectivity index (χ4n) is 9.70. The van der Waals surface area contributed by atoms with Crippen LogP contribution in [0.1, 0.15) is 64.7 Å². The molecule has 0 aliphatic heterocycles. The maximum absolute atomic E-state index is 13.8. The second kappa shape index (κ2) is 9.41. The number of methoxy groups -OCH3 is 1. The Labute approximate surface area is 231 Å². The fourth-order valence-corrected chi connectivity index (χ4v) is 9.87. The van der Waals surface area contributed by atoms with Crippen LogP contribution in [0.2, 0.25) is 5.02 Å². The standard InChI is InChI=1S/C29H37ClF3N3O3/c1-26-10-9-21-19(5-3-17-14-28(38,29(31,32)33)12-11-27(17,21)16-39-2)20(26)6-7-22(26)25(37)15-36-24-8-4-18(30)13-23(24)34-35-36/h4,8,13,17,19-22,38H,3,5-7,9-12,14-16H2,1-2H3. The molecule has 1 heterocycles. The number of hydrogen-bond acceptors (Lipinski definition) is 5. The van der Waals surface area contributed by atoms with Gasteiger partial charge in [0.25, 0.3) is 0 Å². The van der Waals surface area contributed by atoms with E-state index < -0.39 is 11.8 Å². The van der Waals surface area contributed by atoms with Crippen molar-refractivity contribution < 1.29 is 27.8 Å². The van der Waals surface area contributed by atoms with Crippen molar-refractivity contribution in [2.24, 2.45) is 40.4 Å². The summed E-state index contributed by atoms with van der Waals surface area (Å²) >= 11 is 6.08. The normalized spacial score (nSPS) is 40.2. The van der Waals surface area contributed by atoms with Crippen molar-refractivity contribution in [2.45, 2.75) is 83.0 Å². The number of ether oxygens (including phenoxy) is 1. The highest BCUT2D eigenvalue weighted by Gasteiger charge is 2.66. The Bertz CT molecular complexity index is 1270. The lowest BCUT2D eigenvalue weighted by Crippen LogP contribution is -2.61. The second-order valence-corrected chi connectivity index (χ2v) is 13.5. The summed E-state index contributed by atoms with van der Waals surface area (Å²) in [6.07, 6.45) is 0.293. The average Bonchev–Trinajstić information content (AvgIpc) is 3.43. The molecule has 10 heteroatoms. The van der Waals surface area contributed by atoms with Crippen LogP contribution in [0.3, 0.4) is 0 Å². The Balaban J connectivity index is 1.23. The van der Waals surface area contributed by atoms with Crippen LogP contribution in [-0.4, -0.2) is 51.4 Å². The third-order valence-electron chi connectivity index (χ3n) is 11.5. The van der Waals surface area contributed by atoms with Crippen molar-refractivity contribution in [3.05, 3.63) is 23.2 Å². The molecule has 4 aliphatic rings. The molecule has 2 aromatic rings. The Morgan fingerprint density at radius 2 is 1.95 bits per heavy atom. The molecule has 39 heavy (non-hydrogen) atoms. The summed E-state index contributed by atoms with van der Waals surface area (Å²) in [4.78, 5) is 13.7. The van der Waals surface area contributed by atoms with Crippen molar-refractivity contribution in [2.75, 3.05) is 13.7 Å². The number of Topliss-reactive ketones (excluding diaryl/α,β-unsaturated/α-hetero) is 1. The van der Waals surface area contributed by atoms with E-state index in [9.17, 15) is 23.1 Å². The lowest BCUT2D eigenvalue weighted by atomic mass is 9.43. The number of carbonyl (C=O) groups is 1. The molecule has 0 bridgehead atoms. The molecular weight excluding hydrogens is 531 g/mol. The van der Waals surface area contributed by atoms with Gasteiger partial charge in [0.15, 0.2) is 11.4 Å². The van der Waals surface area contributed by atoms with Crippen molar-refractivity contribution in [1.29, 1.82) is 0 Å². The minimum absolute atomic E-state index is 0.0761.